The van der Waals surface area contributed by atoms with Crippen LogP contribution in [0.15, 0.2) is 42.5 Å². The summed E-state index contributed by atoms with van der Waals surface area (Å²) in [5.41, 5.74) is 1.64. The van der Waals surface area contributed by atoms with Crippen molar-refractivity contribution >= 4 is 23.2 Å². The fourth-order valence-electron chi connectivity index (χ4n) is 2.18. The molecule has 0 bridgehead atoms. The molecule has 4 nitrogen and oxygen atoms in total. The number of rotatable bonds is 7. The highest BCUT2D eigenvalue weighted by Crippen LogP contribution is 2.28. The Hall–Kier alpha value is -2.20. The Morgan fingerprint density at radius 3 is 2.65 bits per heavy atom. The largest absolute Gasteiger partial charge is 0.493 e. The highest BCUT2D eigenvalue weighted by atomic mass is 35.5. The van der Waals surface area contributed by atoms with Gasteiger partial charge in [0.15, 0.2) is 11.5 Å². The van der Waals surface area contributed by atoms with E-state index in [4.69, 9.17) is 21.1 Å². The van der Waals surface area contributed by atoms with Crippen LogP contribution >= 0.6 is 11.6 Å². The zero-order chi connectivity index (χ0) is 16.7. The van der Waals surface area contributed by atoms with E-state index in [1.54, 1.807) is 19.2 Å². The van der Waals surface area contributed by atoms with Crippen molar-refractivity contribution in [2.45, 2.75) is 19.8 Å². The number of aryl methyl sites for hydroxylation is 1. The lowest BCUT2D eigenvalue weighted by Crippen LogP contribution is -2.12. The van der Waals surface area contributed by atoms with Crippen LogP contribution in [-0.2, 0) is 11.2 Å². The smallest absolute Gasteiger partial charge is 0.224 e. The first-order valence-electron chi connectivity index (χ1n) is 7.48. The maximum Gasteiger partial charge on any atom is 0.224 e. The lowest BCUT2D eigenvalue weighted by atomic mass is 10.1. The molecule has 0 radical (unpaired) electrons. The molecule has 0 spiro atoms. The third kappa shape index (κ3) is 4.89. The number of hydrogen-bond donors (Lipinski definition) is 1. The van der Waals surface area contributed by atoms with E-state index >= 15 is 0 Å². The van der Waals surface area contributed by atoms with Crippen LogP contribution in [0, 0.1) is 0 Å². The summed E-state index contributed by atoms with van der Waals surface area (Å²) in [7, 11) is 1.60. The van der Waals surface area contributed by atoms with E-state index in [2.05, 4.69) is 5.32 Å². The van der Waals surface area contributed by atoms with Gasteiger partial charge in [-0.3, -0.25) is 4.79 Å². The molecule has 0 saturated carbocycles. The Balaban J connectivity index is 1.95. The maximum absolute atomic E-state index is 12.0. The monoisotopic (exact) mass is 333 g/mol. The second kappa shape index (κ2) is 8.44. The van der Waals surface area contributed by atoms with E-state index in [1.165, 1.54) is 0 Å². The van der Waals surface area contributed by atoms with Gasteiger partial charge < -0.3 is 14.8 Å². The van der Waals surface area contributed by atoms with Gasteiger partial charge in [0.1, 0.15) is 0 Å². The first-order valence-corrected chi connectivity index (χ1v) is 7.86. The van der Waals surface area contributed by atoms with E-state index < -0.39 is 0 Å². The molecule has 0 atom stereocenters. The molecule has 0 aliphatic heterocycles. The van der Waals surface area contributed by atoms with E-state index in [-0.39, 0.29) is 5.91 Å². The Morgan fingerprint density at radius 1 is 1.17 bits per heavy atom. The SMILES string of the molecule is CCOc1ccc(CCC(=O)Nc2ccccc2Cl)cc1OC. The number of halogens is 1. The number of anilines is 1. The molecular weight excluding hydrogens is 314 g/mol. The summed E-state index contributed by atoms with van der Waals surface area (Å²) in [4.78, 5) is 12.0. The summed E-state index contributed by atoms with van der Waals surface area (Å²) in [6.07, 6.45) is 0.974. The van der Waals surface area contributed by atoms with Crippen LogP contribution in [0.5, 0.6) is 11.5 Å². The van der Waals surface area contributed by atoms with E-state index in [9.17, 15) is 4.79 Å². The number of nitrogens with one attached hydrogen (secondary N) is 1. The zero-order valence-electron chi connectivity index (χ0n) is 13.3. The topological polar surface area (TPSA) is 47.6 Å². The van der Waals surface area contributed by atoms with E-state index in [0.29, 0.717) is 41.7 Å². The summed E-state index contributed by atoms with van der Waals surface area (Å²) >= 11 is 6.03. The Labute approximate surface area is 141 Å². The molecule has 0 fully saturated rings. The van der Waals surface area contributed by atoms with Crippen molar-refractivity contribution in [2.75, 3.05) is 19.0 Å². The predicted molar refractivity (Wildman–Crippen MR) is 92.6 cm³/mol. The maximum atomic E-state index is 12.0. The van der Waals surface area contributed by atoms with Crippen molar-refractivity contribution in [1.82, 2.24) is 0 Å². The fourth-order valence-corrected chi connectivity index (χ4v) is 2.36. The molecule has 0 heterocycles. The van der Waals surface area contributed by atoms with Crippen LogP contribution in [0.25, 0.3) is 0 Å². The Bertz CT molecular complexity index is 673. The van der Waals surface area contributed by atoms with Crippen LogP contribution in [0.2, 0.25) is 5.02 Å². The number of hydrogen-bond acceptors (Lipinski definition) is 3. The number of para-hydroxylation sites is 1. The second-order valence-electron chi connectivity index (χ2n) is 4.95. The van der Waals surface area contributed by atoms with Crippen LogP contribution in [-0.4, -0.2) is 19.6 Å². The summed E-state index contributed by atoms with van der Waals surface area (Å²) in [6.45, 7) is 2.50. The first-order chi connectivity index (χ1) is 11.1. The standard InChI is InChI=1S/C18H20ClNO3/c1-3-23-16-10-8-13(12-17(16)22-2)9-11-18(21)20-15-7-5-4-6-14(15)19/h4-8,10,12H,3,9,11H2,1-2H3,(H,20,21). The minimum Gasteiger partial charge on any atom is -0.493 e. The van der Waals surface area contributed by atoms with Crippen molar-refractivity contribution in [1.29, 1.82) is 0 Å². The van der Waals surface area contributed by atoms with E-state index in [0.717, 1.165) is 5.56 Å². The molecule has 0 saturated heterocycles. The normalized spacial score (nSPS) is 10.2. The van der Waals surface area contributed by atoms with Crippen molar-refractivity contribution < 1.29 is 14.3 Å². The average molecular weight is 334 g/mol. The molecule has 0 aromatic heterocycles. The van der Waals surface area contributed by atoms with Gasteiger partial charge in [0, 0.05) is 6.42 Å². The quantitative estimate of drug-likeness (QED) is 0.821. The first kappa shape index (κ1) is 17.2. The van der Waals surface area contributed by atoms with Crippen molar-refractivity contribution in [3.05, 3.63) is 53.1 Å². The average Bonchev–Trinajstić information content (AvgIpc) is 2.56. The lowest BCUT2D eigenvalue weighted by molar-refractivity contribution is -0.116. The van der Waals surface area contributed by atoms with Crippen LogP contribution in [0.4, 0.5) is 5.69 Å². The zero-order valence-corrected chi connectivity index (χ0v) is 14.0. The van der Waals surface area contributed by atoms with Gasteiger partial charge in [-0.2, -0.15) is 0 Å². The van der Waals surface area contributed by atoms with Gasteiger partial charge >= 0.3 is 0 Å². The third-order valence-electron chi connectivity index (χ3n) is 3.32. The summed E-state index contributed by atoms with van der Waals surface area (Å²) in [5.74, 6) is 1.31. The minimum atomic E-state index is -0.0778. The third-order valence-corrected chi connectivity index (χ3v) is 3.65. The Morgan fingerprint density at radius 2 is 1.96 bits per heavy atom. The number of ether oxygens (including phenoxy) is 2. The number of carbonyl (C=O) groups is 1. The molecule has 23 heavy (non-hydrogen) atoms. The molecule has 0 aliphatic carbocycles. The van der Waals surface area contributed by atoms with E-state index in [1.807, 2.05) is 37.3 Å². The van der Waals surface area contributed by atoms with Crippen LogP contribution in [0.1, 0.15) is 18.9 Å². The fraction of sp³-hybridized carbons (Fsp3) is 0.278. The molecule has 1 N–H and O–H groups in total. The molecule has 122 valence electrons. The van der Waals surface area contributed by atoms with Gasteiger partial charge in [-0.05, 0) is 43.2 Å². The van der Waals surface area contributed by atoms with Crippen molar-refractivity contribution in [3.8, 4) is 11.5 Å². The second-order valence-corrected chi connectivity index (χ2v) is 5.35. The number of amides is 1. The molecule has 5 heteroatoms. The minimum absolute atomic E-state index is 0.0778. The number of methoxy groups -OCH3 is 1. The van der Waals surface area contributed by atoms with Crippen LogP contribution < -0.4 is 14.8 Å². The van der Waals surface area contributed by atoms with Gasteiger partial charge in [0.2, 0.25) is 5.91 Å². The highest BCUT2D eigenvalue weighted by molar-refractivity contribution is 6.33. The van der Waals surface area contributed by atoms with Gasteiger partial charge in [0.05, 0.1) is 24.4 Å². The Kier molecular flexibility index (Phi) is 6.29. The van der Waals surface area contributed by atoms with Gasteiger partial charge in [-0.15, -0.1) is 0 Å². The van der Waals surface area contributed by atoms with Gasteiger partial charge in [0.25, 0.3) is 0 Å². The molecular formula is C18H20ClNO3. The molecule has 2 aromatic rings. The summed E-state index contributed by atoms with van der Waals surface area (Å²) in [5, 5.41) is 3.35. The number of benzene rings is 2. The summed E-state index contributed by atoms with van der Waals surface area (Å²) in [6, 6.07) is 12.9. The van der Waals surface area contributed by atoms with Gasteiger partial charge in [-0.1, -0.05) is 29.8 Å². The van der Waals surface area contributed by atoms with Crippen molar-refractivity contribution in [2.24, 2.45) is 0 Å². The molecule has 0 unspecified atom stereocenters. The van der Waals surface area contributed by atoms with Gasteiger partial charge in [-0.25, -0.2) is 0 Å². The summed E-state index contributed by atoms with van der Waals surface area (Å²) < 4.78 is 10.8. The highest BCUT2D eigenvalue weighted by Gasteiger charge is 2.08. The van der Waals surface area contributed by atoms with Crippen LogP contribution in [0.3, 0.4) is 0 Å². The lowest BCUT2D eigenvalue weighted by Gasteiger charge is -2.11. The predicted octanol–water partition coefficient (Wildman–Crippen LogP) is 4.32. The van der Waals surface area contributed by atoms with Crippen molar-refractivity contribution in [3.63, 3.8) is 0 Å². The molecule has 2 rings (SSSR count). The molecule has 2 aromatic carbocycles. The molecule has 1 amide bonds. The number of carbonyl (C=O) groups excluding carboxylic acids is 1. The molecule has 0 aliphatic rings.